The molecule has 154 valence electrons. The molecule has 2 aromatic heterocycles. The number of aldehydes is 1. The molecule has 0 radical (unpaired) electrons. The molecule has 0 N–H and O–H groups in total. The van der Waals surface area contributed by atoms with Crippen molar-refractivity contribution in [2.75, 3.05) is 6.61 Å². The number of rotatable bonds is 4. The summed E-state index contributed by atoms with van der Waals surface area (Å²) in [5.74, 6) is 0.975. The highest BCUT2D eigenvalue weighted by molar-refractivity contribution is 5.90. The molecule has 0 saturated heterocycles. The van der Waals surface area contributed by atoms with E-state index in [-0.39, 0.29) is 10.8 Å². The maximum absolute atomic E-state index is 12.1. The van der Waals surface area contributed by atoms with Gasteiger partial charge in [0.25, 0.3) is 0 Å². The van der Waals surface area contributed by atoms with Crippen LogP contribution in [0.2, 0.25) is 0 Å². The van der Waals surface area contributed by atoms with E-state index in [4.69, 9.17) is 4.74 Å². The molecule has 2 heterocycles. The van der Waals surface area contributed by atoms with Crippen molar-refractivity contribution < 1.29 is 9.53 Å². The Balaban J connectivity index is 2.39. The van der Waals surface area contributed by atoms with E-state index in [9.17, 15) is 4.79 Å². The molecule has 0 amide bonds. The van der Waals surface area contributed by atoms with Crippen molar-refractivity contribution in [3.8, 4) is 16.9 Å². The van der Waals surface area contributed by atoms with E-state index in [1.165, 1.54) is 11.1 Å². The summed E-state index contributed by atoms with van der Waals surface area (Å²) in [6.07, 6.45) is 2.98. The average molecular weight is 392 g/mol. The fourth-order valence-electron chi connectivity index (χ4n) is 3.85. The van der Waals surface area contributed by atoms with Crippen LogP contribution in [0.25, 0.3) is 16.6 Å². The first kappa shape index (κ1) is 21.2. The molecule has 0 aliphatic rings. The summed E-state index contributed by atoms with van der Waals surface area (Å²) < 4.78 is 8.16. The van der Waals surface area contributed by atoms with Crippen LogP contribution in [0.3, 0.4) is 0 Å². The standard InChI is InChI=1S/C26H33NO2/c1-9-29-24-21(25(3,4)5)12-18(13-22(24)26(6,7)8)20-14-19-11-10-17(2)15-27(19)23(20)16-28/h10-16H,9H2,1-8H3. The molecular weight excluding hydrogens is 358 g/mol. The number of aryl methyl sites for hydroxylation is 1. The van der Waals surface area contributed by atoms with Gasteiger partial charge in [-0.2, -0.15) is 0 Å². The lowest BCUT2D eigenvalue weighted by atomic mass is 9.77. The third kappa shape index (κ3) is 3.96. The van der Waals surface area contributed by atoms with Gasteiger partial charge in [-0.1, -0.05) is 47.6 Å². The van der Waals surface area contributed by atoms with Crippen molar-refractivity contribution in [2.24, 2.45) is 0 Å². The van der Waals surface area contributed by atoms with Gasteiger partial charge in [0, 0.05) is 28.4 Å². The van der Waals surface area contributed by atoms with Crippen LogP contribution in [0.5, 0.6) is 5.75 Å². The molecule has 0 aliphatic carbocycles. The predicted molar refractivity (Wildman–Crippen MR) is 122 cm³/mol. The Labute approximate surface area is 174 Å². The van der Waals surface area contributed by atoms with Gasteiger partial charge in [0.2, 0.25) is 0 Å². The quantitative estimate of drug-likeness (QED) is 0.462. The van der Waals surface area contributed by atoms with Gasteiger partial charge in [-0.15, -0.1) is 0 Å². The van der Waals surface area contributed by atoms with Crippen molar-refractivity contribution in [3.63, 3.8) is 0 Å². The molecule has 29 heavy (non-hydrogen) atoms. The topological polar surface area (TPSA) is 30.7 Å². The van der Waals surface area contributed by atoms with E-state index in [2.05, 4.69) is 71.9 Å². The second-order valence-electron chi connectivity index (χ2n) is 9.90. The van der Waals surface area contributed by atoms with Crippen molar-refractivity contribution in [1.29, 1.82) is 0 Å². The third-order valence-corrected chi connectivity index (χ3v) is 5.37. The minimum atomic E-state index is -0.0857. The fourth-order valence-corrected chi connectivity index (χ4v) is 3.85. The van der Waals surface area contributed by atoms with Gasteiger partial charge < -0.3 is 9.14 Å². The summed E-state index contributed by atoms with van der Waals surface area (Å²) in [5, 5.41) is 0. The second-order valence-corrected chi connectivity index (χ2v) is 9.90. The highest BCUT2D eigenvalue weighted by atomic mass is 16.5. The van der Waals surface area contributed by atoms with Gasteiger partial charge in [0.05, 0.1) is 12.3 Å². The molecule has 0 saturated carbocycles. The molecule has 0 aliphatic heterocycles. The lowest BCUT2D eigenvalue weighted by Gasteiger charge is -2.30. The van der Waals surface area contributed by atoms with Crippen LogP contribution in [-0.4, -0.2) is 17.3 Å². The summed E-state index contributed by atoms with van der Waals surface area (Å²) in [6.45, 7) is 18.0. The number of carbonyl (C=O) groups excluding carboxylic acids is 1. The van der Waals surface area contributed by atoms with Crippen LogP contribution in [-0.2, 0) is 10.8 Å². The number of hydrogen-bond donors (Lipinski definition) is 0. The Morgan fingerprint density at radius 1 is 0.966 bits per heavy atom. The van der Waals surface area contributed by atoms with E-state index in [1.54, 1.807) is 0 Å². The molecule has 3 aromatic rings. The van der Waals surface area contributed by atoms with Gasteiger partial charge in [-0.25, -0.2) is 0 Å². The number of fused-ring (bicyclic) bond motifs is 1. The number of ether oxygens (including phenoxy) is 1. The molecule has 3 heteroatoms. The molecule has 3 nitrogen and oxygen atoms in total. The largest absolute Gasteiger partial charge is 0.493 e. The molecule has 0 spiro atoms. The van der Waals surface area contributed by atoms with Gasteiger partial charge in [-0.05, 0) is 60.1 Å². The van der Waals surface area contributed by atoms with Gasteiger partial charge in [0.15, 0.2) is 6.29 Å². The molecule has 0 atom stereocenters. The van der Waals surface area contributed by atoms with Gasteiger partial charge in [0.1, 0.15) is 5.75 Å². The van der Waals surface area contributed by atoms with E-state index in [0.29, 0.717) is 12.3 Å². The monoisotopic (exact) mass is 391 g/mol. The van der Waals surface area contributed by atoms with Gasteiger partial charge in [-0.3, -0.25) is 4.79 Å². The Bertz CT molecular complexity index is 1020. The zero-order chi connectivity index (χ0) is 21.6. The first-order valence-electron chi connectivity index (χ1n) is 10.4. The SMILES string of the molecule is CCOc1c(C(C)(C)C)cc(-c2cc3ccc(C)cn3c2C=O)cc1C(C)(C)C. The number of pyridine rings is 1. The fraction of sp³-hybridized carbons (Fsp3) is 0.423. The summed E-state index contributed by atoms with van der Waals surface area (Å²) in [5.41, 5.74) is 7.03. The number of nitrogens with zero attached hydrogens (tertiary/aromatic N) is 1. The second kappa shape index (κ2) is 7.37. The summed E-state index contributed by atoms with van der Waals surface area (Å²) in [4.78, 5) is 12.1. The van der Waals surface area contributed by atoms with E-state index < -0.39 is 0 Å². The van der Waals surface area contributed by atoms with Crippen LogP contribution in [0, 0.1) is 6.92 Å². The van der Waals surface area contributed by atoms with E-state index in [1.807, 2.05) is 24.4 Å². The maximum Gasteiger partial charge on any atom is 0.167 e. The first-order valence-corrected chi connectivity index (χ1v) is 10.4. The molecule has 0 unspecified atom stereocenters. The maximum atomic E-state index is 12.1. The Morgan fingerprint density at radius 3 is 2.03 bits per heavy atom. The van der Waals surface area contributed by atoms with Crippen LogP contribution in [0.15, 0.2) is 36.5 Å². The normalized spacial score (nSPS) is 12.4. The Hall–Kier alpha value is -2.55. The number of hydrogen-bond acceptors (Lipinski definition) is 2. The molecule has 0 fully saturated rings. The van der Waals surface area contributed by atoms with Crippen molar-refractivity contribution in [1.82, 2.24) is 4.40 Å². The van der Waals surface area contributed by atoms with E-state index in [0.717, 1.165) is 34.2 Å². The van der Waals surface area contributed by atoms with Crippen LogP contribution >= 0.6 is 0 Å². The summed E-state index contributed by atoms with van der Waals surface area (Å²) >= 11 is 0. The average Bonchev–Trinajstić information content (AvgIpc) is 2.97. The van der Waals surface area contributed by atoms with Crippen LogP contribution in [0.4, 0.5) is 0 Å². The minimum absolute atomic E-state index is 0.0857. The summed E-state index contributed by atoms with van der Waals surface area (Å²) in [6, 6.07) is 10.7. The van der Waals surface area contributed by atoms with Gasteiger partial charge >= 0.3 is 0 Å². The Kier molecular flexibility index (Phi) is 5.38. The van der Waals surface area contributed by atoms with Crippen LogP contribution < -0.4 is 4.74 Å². The lowest BCUT2D eigenvalue weighted by Crippen LogP contribution is -2.20. The minimum Gasteiger partial charge on any atom is -0.493 e. The third-order valence-electron chi connectivity index (χ3n) is 5.37. The zero-order valence-corrected chi connectivity index (χ0v) is 19.0. The first-order chi connectivity index (χ1) is 13.5. The van der Waals surface area contributed by atoms with Crippen molar-refractivity contribution >= 4 is 11.8 Å². The van der Waals surface area contributed by atoms with Crippen molar-refractivity contribution in [2.45, 2.75) is 66.2 Å². The zero-order valence-electron chi connectivity index (χ0n) is 19.0. The number of aromatic nitrogens is 1. The Morgan fingerprint density at radius 2 is 1.55 bits per heavy atom. The smallest absolute Gasteiger partial charge is 0.167 e. The lowest BCUT2D eigenvalue weighted by molar-refractivity contribution is 0.111. The van der Waals surface area contributed by atoms with E-state index >= 15 is 0 Å². The molecular formula is C26H33NO2. The summed E-state index contributed by atoms with van der Waals surface area (Å²) in [7, 11) is 0. The number of benzene rings is 1. The van der Waals surface area contributed by atoms with Crippen LogP contribution in [0.1, 0.15) is 75.6 Å². The highest BCUT2D eigenvalue weighted by Gasteiger charge is 2.28. The highest BCUT2D eigenvalue weighted by Crippen LogP contribution is 2.43. The predicted octanol–water partition coefficient (Wildman–Crippen LogP) is 6.72. The molecule has 3 rings (SSSR count). The number of carbonyl (C=O) groups is 1. The molecule has 1 aromatic carbocycles. The van der Waals surface area contributed by atoms with Crippen molar-refractivity contribution in [3.05, 3.63) is 58.9 Å². The molecule has 0 bridgehead atoms.